The predicted octanol–water partition coefficient (Wildman–Crippen LogP) is 4.05. The summed E-state index contributed by atoms with van der Waals surface area (Å²) < 4.78 is 26.3. The molecule has 0 bridgehead atoms. The summed E-state index contributed by atoms with van der Waals surface area (Å²) in [6.45, 7) is 3.59. The number of rotatable bonds is 8. The molecule has 3 N–H and O–H groups in total. The third-order valence-corrected chi connectivity index (χ3v) is 6.08. The number of hydrogen-bond donors (Lipinski definition) is 3. The van der Waals surface area contributed by atoms with Crippen LogP contribution >= 0.6 is 0 Å². The summed E-state index contributed by atoms with van der Waals surface area (Å²) in [5.41, 5.74) is 2.78. The van der Waals surface area contributed by atoms with E-state index in [0.29, 0.717) is 34.6 Å². The summed E-state index contributed by atoms with van der Waals surface area (Å²) in [6.07, 6.45) is 3.55. The summed E-state index contributed by atoms with van der Waals surface area (Å²) >= 11 is 0. The second-order valence-electron chi connectivity index (χ2n) is 7.14. The van der Waals surface area contributed by atoms with E-state index in [4.69, 9.17) is 0 Å². The van der Waals surface area contributed by atoms with Crippen LogP contribution in [0.5, 0.6) is 0 Å². The third-order valence-electron chi connectivity index (χ3n) is 4.59. The molecule has 0 unspecified atom stereocenters. The van der Waals surface area contributed by atoms with Gasteiger partial charge in [-0.3, -0.25) is 19.3 Å². The zero-order valence-electron chi connectivity index (χ0n) is 17.8. The standard InChI is InChI=1S/C23H24N4O4S/c1-3-15-32(30,31)27-19-9-7-18(8-10-19)25-23(29)20-6-4-5-16(2)21(20)26-22(28)17-11-13-24-14-12-17/h4-14,27H,3,15H2,1-2H3,(H,25,29)(H,26,28). The van der Waals surface area contributed by atoms with Crippen LogP contribution < -0.4 is 15.4 Å². The van der Waals surface area contributed by atoms with Crippen molar-refractivity contribution < 1.29 is 18.0 Å². The summed E-state index contributed by atoms with van der Waals surface area (Å²) in [4.78, 5) is 29.4. The van der Waals surface area contributed by atoms with Crippen LogP contribution in [-0.2, 0) is 10.0 Å². The maximum atomic E-state index is 12.9. The molecule has 0 aliphatic rings. The molecule has 0 fully saturated rings. The largest absolute Gasteiger partial charge is 0.322 e. The number of amides is 2. The fraction of sp³-hybridized carbons (Fsp3) is 0.174. The number of carbonyl (C=O) groups is 2. The number of nitrogens with one attached hydrogen (secondary N) is 3. The lowest BCUT2D eigenvalue weighted by atomic mass is 10.1. The van der Waals surface area contributed by atoms with Crippen molar-refractivity contribution in [3.05, 3.63) is 83.7 Å². The van der Waals surface area contributed by atoms with Crippen LogP contribution in [0.25, 0.3) is 0 Å². The van der Waals surface area contributed by atoms with Gasteiger partial charge in [-0.1, -0.05) is 19.1 Å². The van der Waals surface area contributed by atoms with Crippen molar-refractivity contribution in [2.24, 2.45) is 0 Å². The van der Waals surface area contributed by atoms with Gasteiger partial charge in [0.2, 0.25) is 10.0 Å². The van der Waals surface area contributed by atoms with Gasteiger partial charge < -0.3 is 10.6 Å². The fourth-order valence-corrected chi connectivity index (χ4v) is 4.17. The van der Waals surface area contributed by atoms with Crippen molar-refractivity contribution in [2.75, 3.05) is 21.1 Å². The predicted molar refractivity (Wildman–Crippen MR) is 125 cm³/mol. The number of benzene rings is 2. The second-order valence-corrected chi connectivity index (χ2v) is 8.98. The van der Waals surface area contributed by atoms with Crippen LogP contribution in [0.4, 0.5) is 17.1 Å². The van der Waals surface area contributed by atoms with Crippen LogP contribution in [0.3, 0.4) is 0 Å². The minimum absolute atomic E-state index is 0.0346. The first-order valence-corrected chi connectivity index (χ1v) is 11.7. The van der Waals surface area contributed by atoms with Crippen molar-refractivity contribution in [1.29, 1.82) is 0 Å². The number of aryl methyl sites for hydroxylation is 1. The number of nitrogens with zero attached hydrogens (tertiary/aromatic N) is 1. The number of pyridine rings is 1. The van der Waals surface area contributed by atoms with Crippen LogP contribution in [0.2, 0.25) is 0 Å². The molecule has 0 radical (unpaired) electrons. The number of anilines is 3. The normalized spacial score (nSPS) is 10.9. The maximum absolute atomic E-state index is 12.9. The Morgan fingerprint density at radius 3 is 2.19 bits per heavy atom. The number of carbonyl (C=O) groups excluding carboxylic acids is 2. The fourth-order valence-electron chi connectivity index (χ4n) is 3.03. The minimum atomic E-state index is -3.39. The number of hydrogen-bond acceptors (Lipinski definition) is 5. The molecule has 1 aromatic heterocycles. The average Bonchev–Trinajstić information content (AvgIpc) is 2.76. The first-order chi connectivity index (χ1) is 15.3. The summed E-state index contributed by atoms with van der Waals surface area (Å²) in [7, 11) is -3.39. The third kappa shape index (κ3) is 5.92. The van der Waals surface area contributed by atoms with E-state index in [2.05, 4.69) is 20.3 Å². The van der Waals surface area contributed by atoms with Crippen LogP contribution in [0, 0.1) is 6.92 Å². The highest BCUT2D eigenvalue weighted by atomic mass is 32.2. The van der Waals surface area contributed by atoms with Crippen molar-refractivity contribution in [2.45, 2.75) is 20.3 Å². The molecule has 2 amide bonds. The van der Waals surface area contributed by atoms with Gasteiger partial charge in [0.25, 0.3) is 11.8 Å². The van der Waals surface area contributed by atoms with E-state index in [0.717, 1.165) is 5.56 Å². The molecule has 3 aromatic rings. The van der Waals surface area contributed by atoms with E-state index in [-0.39, 0.29) is 11.7 Å². The topological polar surface area (TPSA) is 117 Å². The van der Waals surface area contributed by atoms with Crippen molar-refractivity contribution in [3.63, 3.8) is 0 Å². The van der Waals surface area contributed by atoms with E-state index < -0.39 is 15.9 Å². The van der Waals surface area contributed by atoms with Crippen LogP contribution in [-0.4, -0.2) is 31.0 Å². The molecule has 0 aliphatic heterocycles. The zero-order valence-corrected chi connectivity index (χ0v) is 18.6. The van der Waals surface area contributed by atoms with Gasteiger partial charge in [0.15, 0.2) is 0 Å². The Balaban J connectivity index is 1.75. The highest BCUT2D eigenvalue weighted by Gasteiger charge is 2.17. The lowest BCUT2D eigenvalue weighted by Crippen LogP contribution is -2.19. The number of aromatic nitrogens is 1. The van der Waals surface area contributed by atoms with E-state index in [9.17, 15) is 18.0 Å². The van der Waals surface area contributed by atoms with Gasteiger partial charge in [-0.25, -0.2) is 8.42 Å². The summed E-state index contributed by atoms with van der Waals surface area (Å²) in [5, 5.41) is 5.58. The lowest BCUT2D eigenvalue weighted by molar-refractivity contribution is 0.102. The molecular formula is C23H24N4O4S. The van der Waals surface area contributed by atoms with Gasteiger partial charge in [-0.05, 0) is 61.4 Å². The van der Waals surface area contributed by atoms with E-state index in [1.165, 1.54) is 12.4 Å². The molecule has 32 heavy (non-hydrogen) atoms. The quantitative estimate of drug-likeness (QED) is 0.477. The van der Waals surface area contributed by atoms with Gasteiger partial charge in [-0.15, -0.1) is 0 Å². The number of para-hydroxylation sites is 1. The molecule has 1 heterocycles. The minimum Gasteiger partial charge on any atom is -0.322 e. The Morgan fingerprint density at radius 1 is 0.875 bits per heavy atom. The molecule has 0 saturated heterocycles. The molecule has 0 spiro atoms. The van der Waals surface area contributed by atoms with Gasteiger partial charge >= 0.3 is 0 Å². The maximum Gasteiger partial charge on any atom is 0.257 e. The molecule has 3 rings (SSSR count). The van der Waals surface area contributed by atoms with E-state index in [1.54, 1.807) is 68.4 Å². The van der Waals surface area contributed by atoms with Gasteiger partial charge in [0.05, 0.1) is 17.0 Å². The number of sulfonamides is 1. The molecule has 9 heteroatoms. The molecule has 8 nitrogen and oxygen atoms in total. The Kier molecular flexibility index (Phi) is 7.21. The summed E-state index contributed by atoms with van der Waals surface area (Å²) in [6, 6.07) is 14.7. The molecule has 0 saturated carbocycles. The van der Waals surface area contributed by atoms with E-state index in [1.807, 2.05) is 0 Å². The van der Waals surface area contributed by atoms with Gasteiger partial charge in [0, 0.05) is 29.3 Å². The zero-order chi connectivity index (χ0) is 23.1. The van der Waals surface area contributed by atoms with Crippen molar-refractivity contribution >= 4 is 38.9 Å². The van der Waals surface area contributed by atoms with Crippen molar-refractivity contribution in [3.8, 4) is 0 Å². The Hall–Kier alpha value is -3.72. The summed E-state index contributed by atoms with van der Waals surface area (Å²) in [5.74, 6) is -0.718. The van der Waals surface area contributed by atoms with Crippen LogP contribution in [0.15, 0.2) is 67.0 Å². The Labute approximate surface area is 187 Å². The van der Waals surface area contributed by atoms with E-state index >= 15 is 0 Å². The van der Waals surface area contributed by atoms with Gasteiger partial charge in [-0.2, -0.15) is 0 Å². The smallest absolute Gasteiger partial charge is 0.257 e. The highest BCUT2D eigenvalue weighted by molar-refractivity contribution is 7.92. The monoisotopic (exact) mass is 452 g/mol. The highest BCUT2D eigenvalue weighted by Crippen LogP contribution is 2.23. The SMILES string of the molecule is CCCS(=O)(=O)Nc1ccc(NC(=O)c2cccc(C)c2NC(=O)c2ccncc2)cc1. The van der Waals surface area contributed by atoms with Gasteiger partial charge in [0.1, 0.15) is 0 Å². The molecule has 0 aliphatic carbocycles. The lowest BCUT2D eigenvalue weighted by Gasteiger charge is -2.14. The molecule has 0 atom stereocenters. The first kappa shape index (κ1) is 23.0. The van der Waals surface area contributed by atoms with Crippen molar-refractivity contribution in [1.82, 2.24) is 4.98 Å². The molecule has 166 valence electrons. The van der Waals surface area contributed by atoms with Crippen LogP contribution in [0.1, 0.15) is 39.6 Å². The molecular weight excluding hydrogens is 428 g/mol. The Morgan fingerprint density at radius 2 is 1.53 bits per heavy atom. The average molecular weight is 453 g/mol. The second kappa shape index (κ2) is 10.1. The first-order valence-electron chi connectivity index (χ1n) is 10.0. The molecule has 2 aromatic carbocycles. The Bertz CT molecular complexity index is 1210.